The average Bonchev–Trinajstić information content (AvgIpc) is 2.83. The van der Waals surface area contributed by atoms with Gasteiger partial charge in [0.05, 0.1) is 6.54 Å². The lowest BCUT2D eigenvalue weighted by atomic mass is 10.0. The number of hydrogen-bond acceptors (Lipinski definition) is 3. The summed E-state index contributed by atoms with van der Waals surface area (Å²) in [5, 5.41) is 10.1. The molecule has 0 saturated heterocycles. The molecule has 1 aromatic carbocycles. The van der Waals surface area contributed by atoms with Crippen LogP contribution in [0.5, 0.6) is 0 Å². The summed E-state index contributed by atoms with van der Waals surface area (Å²) in [5.41, 5.74) is 4.43. The third-order valence-corrected chi connectivity index (χ3v) is 3.39. The molecule has 3 rings (SSSR count). The van der Waals surface area contributed by atoms with Gasteiger partial charge in [0.15, 0.2) is 0 Å². The van der Waals surface area contributed by atoms with Crippen LogP contribution in [0, 0.1) is 0 Å². The molecule has 2 aromatic rings. The molecule has 0 spiro atoms. The lowest BCUT2D eigenvalue weighted by Crippen LogP contribution is -2.18. The number of pyridine rings is 1. The summed E-state index contributed by atoms with van der Waals surface area (Å²) in [5.74, 6) is -0.427. The second-order valence-electron chi connectivity index (χ2n) is 4.65. The largest absolute Gasteiger partial charge is 0.296 e. The summed E-state index contributed by atoms with van der Waals surface area (Å²) < 4.78 is 0. The molecular weight excluding hydrogens is 264 g/mol. The van der Waals surface area contributed by atoms with Gasteiger partial charge in [0, 0.05) is 17.3 Å². The Labute approximate surface area is 125 Å². The Balaban J connectivity index is 0.000000774. The molecule has 0 fully saturated rings. The fraction of sp³-hybridized carbons (Fsp3) is 0.294. The number of nitrogens with zero attached hydrogens (tertiary/aromatic N) is 2. The molecule has 0 unspecified atom stereocenters. The maximum absolute atomic E-state index is 11.6. The Morgan fingerprint density at radius 2 is 2.00 bits per heavy atom. The van der Waals surface area contributed by atoms with Crippen molar-refractivity contribution in [3.05, 3.63) is 53.3 Å². The van der Waals surface area contributed by atoms with Gasteiger partial charge in [-0.1, -0.05) is 45.0 Å². The van der Waals surface area contributed by atoms with Crippen LogP contribution in [-0.4, -0.2) is 21.2 Å². The Hall–Kier alpha value is -2.20. The van der Waals surface area contributed by atoms with Crippen molar-refractivity contribution in [3.8, 4) is 11.1 Å². The molecule has 0 radical (unpaired) electrons. The standard InChI is InChI=1S/C15H14N2O2.C2H6/c1-2-10-4-3-5-11(6-10)12-7-13-9-17(19)15(18)14(13)16-8-12;1-2/h3-8,19H,2,9H2,1H3;1-2H3. The van der Waals surface area contributed by atoms with Crippen LogP contribution >= 0.6 is 0 Å². The maximum atomic E-state index is 11.6. The predicted molar refractivity (Wildman–Crippen MR) is 82.1 cm³/mol. The van der Waals surface area contributed by atoms with Gasteiger partial charge in [-0.2, -0.15) is 0 Å². The molecular formula is C17H20N2O2. The predicted octanol–water partition coefficient (Wildman–Crippen LogP) is 3.68. The van der Waals surface area contributed by atoms with Gasteiger partial charge in [0.2, 0.25) is 0 Å². The maximum Gasteiger partial charge on any atom is 0.296 e. The van der Waals surface area contributed by atoms with Crippen molar-refractivity contribution in [1.82, 2.24) is 10.0 Å². The summed E-state index contributed by atoms with van der Waals surface area (Å²) >= 11 is 0. The topological polar surface area (TPSA) is 53.4 Å². The van der Waals surface area contributed by atoms with Gasteiger partial charge >= 0.3 is 0 Å². The summed E-state index contributed by atoms with van der Waals surface area (Å²) in [6.45, 7) is 6.32. The molecule has 21 heavy (non-hydrogen) atoms. The molecule has 0 bridgehead atoms. The number of aryl methyl sites for hydroxylation is 1. The van der Waals surface area contributed by atoms with Crippen LogP contribution in [0.1, 0.15) is 42.4 Å². The number of aromatic nitrogens is 1. The van der Waals surface area contributed by atoms with Crippen LogP contribution in [0.25, 0.3) is 11.1 Å². The normalized spacial score (nSPS) is 12.8. The SMILES string of the molecule is CC.CCc1cccc(-c2cnc3c(c2)CN(O)C3=O)c1. The lowest BCUT2D eigenvalue weighted by Gasteiger charge is -2.05. The van der Waals surface area contributed by atoms with E-state index in [1.807, 2.05) is 32.0 Å². The van der Waals surface area contributed by atoms with Gasteiger partial charge in [0.1, 0.15) is 5.69 Å². The third-order valence-electron chi connectivity index (χ3n) is 3.39. The van der Waals surface area contributed by atoms with Crippen LogP contribution in [0.4, 0.5) is 0 Å². The molecule has 4 nitrogen and oxygen atoms in total. The highest BCUT2D eigenvalue weighted by atomic mass is 16.5. The molecule has 0 saturated carbocycles. The molecule has 110 valence electrons. The second kappa shape index (κ2) is 6.50. The highest BCUT2D eigenvalue weighted by Gasteiger charge is 2.27. The molecule has 1 N–H and O–H groups in total. The number of benzene rings is 1. The highest BCUT2D eigenvalue weighted by molar-refractivity contribution is 5.96. The first-order valence-electron chi connectivity index (χ1n) is 7.28. The molecule has 4 heteroatoms. The van der Waals surface area contributed by atoms with Gasteiger partial charge in [-0.05, 0) is 23.6 Å². The number of amides is 1. The van der Waals surface area contributed by atoms with Gasteiger partial charge in [-0.3, -0.25) is 10.0 Å². The summed E-state index contributed by atoms with van der Waals surface area (Å²) in [4.78, 5) is 15.7. The molecule has 1 aliphatic heterocycles. The van der Waals surface area contributed by atoms with Gasteiger partial charge in [0.25, 0.3) is 5.91 Å². The second-order valence-corrected chi connectivity index (χ2v) is 4.65. The van der Waals surface area contributed by atoms with Crippen molar-refractivity contribution in [2.75, 3.05) is 0 Å². The monoisotopic (exact) mass is 284 g/mol. The van der Waals surface area contributed by atoms with Crippen LogP contribution in [-0.2, 0) is 13.0 Å². The minimum atomic E-state index is -0.427. The van der Waals surface area contributed by atoms with Crippen LogP contribution < -0.4 is 0 Å². The molecule has 2 heterocycles. The van der Waals surface area contributed by atoms with E-state index in [2.05, 4.69) is 24.0 Å². The Morgan fingerprint density at radius 1 is 1.24 bits per heavy atom. The number of carbonyl (C=O) groups excluding carboxylic acids is 1. The van der Waals surface area contributed by atoms with E-state index in [0.717, 1.165) is 23.1 Å². The van der Waals surface area contributed by atoms with E-state index in [9.17, 15) is 10.0 Å². The summed E-state index contributed by atoms with van der Waals surface area (Å²) in [6, 6.07) is 10.2. The molecule has 1 amide bonds. The van der Waals surface area contributed by atoms with E-state index in [1.165, 1.54) is 5.56 Å². The Kier molecular flexibility index (Phi) is 4.70. The summed E-state index contributed by atoms with van der Waals surface area (Å²) in [7, 11) is 0. The number of fused-ring (bicyclic) bond motifs is 1. The Bertz CT molecular complexity index is 653. The van der Waals surface area contributed by atoms with Crippen molar-refractivity contribution in [3.63, 3.8) is 0 Å². The fourth-order valence-corrected chi connectivity index (χ4v) is 2.31. The van der Waals surface area contributed by atoms with Crippen molar-refractivity contribution in [2.45, 2.75) is 33.7 Å². The van der Waals surface area contributed by atoms with E-state index in [0.29, 0.717) is 10.8 Å². The number of hydrogen-bond donors (Lipinski definition) is 1. The van der Waals surface area contributed by atoms with E-state index in [1.54, 1.807) is 6.20 Å². The minimum Gasteiger partial charge on any atom is -0.285 e. The molecule has 1 aromatic heterocycles. The van der Waals surface area contributed by atoms with E-state index in [4.69, 9.17) is 0 Å². The van der Waals surface area contributed by atoms with Crippen molar-refractivity contribution in [1.29, 1.82) is 0 Å². The first kappa shape index (κ1) is 15.2. The molecule has 0 atom stereocenters. The lowest BCUT2D eigenvalue weighted by molar-refractivity contribution is -0.0580. The number of rotatable bonds is 2. The smallest absolute Gasteiger partial charge is 0.285 e. The van der Waals surface area contributed by atoms with Crippen LogP contribution in [0.2, 0.25) is 0 Å². The zero-order valence-corrected chi connectivity index (χ0v) is 12.6. The van der Waals surface area contributed by atoms with E-state index < -0.39 is 5.91 Å². The fourth-order valence-electron chi connectivity index (χ4n) is 2.31. The van der Waals surface area contributed by atoms with Gasteiger partial charge in [-0.15, -0.1) is 0 Å². The zero-order chi connectivity index (χ0) is 15.4. The van der Waals surface area contributed by atoms with Crippen LogP contribution in [0.3, 0.4) is 0 Å². The van der Waals surface area contributed by atoms with Crippen molar-refractivity contribution in [2.24, 2.45) is 0 Å². The van der Waals surface area contributed by atoms with Crippen molar-refractivity contribution >= 4 is 5.91 Å². The first-order chi connectivity index (χ1) is 10.2. The molecule has 1 aliphatic rings. The van der Waals surface area contributed by atoms with Gasteiger partial charge < -0.3 is 0 Å². The van der Waals surface area contributed by atoms with Gasteiger partial charge in [-0.25, -0.2) is 10.0 Å². The Morgan fingerprint density at radius 3 is 2.71 bits per heavy atom. The minimum absolute atomic E-state index is 0.211. The van der Waals surface area contributed by atoms with E-state index in [-0.39, 0.29) is 6.54 Å². The average molecular weight is 284 g/mol. The highest BCUT2D eigenvalue weighted by Crippen LogP contribution is 2.26. The third kappa shape index (κ3) is 2.95. The summed E-state index contributed by atoms with van der Waals surface area (Å²) in [6.07, 6.45) is 2.67. The number of carbonyl (C=O) groups is 1. The zero-order valence-electron chi connectivity index (χ0n) is 12.6. The van der Waals surface area contributed by atoms with Crippen molar-refractivity contribution < 1.29 is 10.0 Å². The quantitative estimate of drug-likeness (QED) is 0.856. The van der Waals surface area contributed by atoms with Crippen LogP contribution in [0.15, 0.2) is 36.5 Å². The van der Waals surface area contributed by atoms with E-state index >= 15 is 0 Å². The first-order valence-corrected chi connectivity index (χ1v) is 7.28. The number of hydroxylamine groups is 2. The molecule has 0 aliphatic carbocycles.